The van der Waals surface area contributed by atoms with Crippen LogP contribution in [-0.2, 0) is 19.4 Å². The van der Waals surface area contributed by atoms with Gasteiger partial charge in [-0.15, -0.1) is 0 Å². The van der Waals surface area contributed by atoms with E-state index in [0.29, 0.717) is 53.0 Å². The lowest BCUT2D eigenvalue weighted by Crippen LogP contribution is -2.25. The first-order chi connectivity index (χ1) is 14.6. The first-order valence-electron chi connectivity index (χ1n) is 9.71. The largest absolute Gasteiger partial charge is 0.441 e. The van der Waals surface area contributed by atoms with Gasteiger partial charge >= 0.3 is 0 Å². The van der Waals surface area contributed by atoms with Crippen molar-refractivity contribution in [3.63, 3.8) is 0 Å². The summed E-state index contributed by atoms with van der Waals surface area (Å²) in [5.41, 5.74) is 2.97. The van der Waals surface area contributed by atoms with E-state index >= 15 is 0 Å². The van der Waals surface area contributed by atoms with Crippen LogP contribution in [0.25, 0.3) is 28.0 Å². The average molecular weight is 420 g/mol. The zero-order chi connectivity index (χ0) is 20.7. The lowest BCUT2D eigenvalue weighted by molar-refractivity contribution is 0.523. The van der Waals surface area contributed by atoms with Crippen molar-refractivity contribution in [3.8, 4) is 5.69 Å². The van der Waals surface area contributed by atoms with Crippen molar-refractivity contribution in [2.45, 2.75) is 26.3 Å². The minimum atomic E-state index is -0.206. The molecule has 0 spiro atoms. The number of hydrogen-bond donors (Lipinski definition) is 0. The van der Waals surface area contributed by atoms with Crippen molar-refractivity contribution < 1.29 is 4.42 Å². The highest BCUT2D eigenvalue weighted by Crippen LogP contribution is 2.19. The number of oxazole rings is 1. The summed E-state index contributed by atoms with van der Waals surface area (Å²) in [6.07, 6.45) is 2.64. The number of rotatable bonds is 5. The predicted molar refractivity (Wildman–Crippen MR) is 115 cm³/mol. The molecule has 5 aromatic rings. The fourth-order valence-electron chi connectivity index (χ4n) is 3.54. The second-order valence-electron chi connectivity index (χ2n) is 6.92. The normalized spacial score (nSPS) is 11.5. The summed E-state index contributed by atoms with van der Waals surface area (Å²) in [5, 5.41) is 0.601. The summed E-state index contributed by atoms with van der Waals surface area (Å²) in [6.45, 7) is 2.67. The minimum absolute atomic E-state index is 0.206. The Bertz CT molecular complexity index is 1380. The van der Waals surface area contributed by atoms with E-state index in [9.17, 15) is 4.79 Å². The standard InChI is InChI=1S/C22H18ClN5O2/c1-2-27-13-24-20-21(27)26-18(28(22(20)29)15-9-7-14(23)8-10-15)11-12-19-25-16-5-3-4-6-17(16)30-19/h3-10,13H,2,11-12H2,1H3. The molecule has 0 saturated carbocycles. The third kappa shape index (κ3) is 3.17. The number of halogens is 1. The summed E-state index contributed by atoms with van der Waals surface area (Å²) in [7, 11) is 0. The molecule has 3 heterocycles. The summed E-state index contributed by atoms with van der Waals surface area (Å²) in [5.74, 6) is 1.23. The highest BCUT2D eigenvalue weighted by molar-refractivity contribution is 6.30. The van der Waals surface area contributed by atoms with Crippen molar-refractivity contribution >= 4 is 33.9 Å². The second-order valence-corrected chi connectivity index (χ2v) is 7.36. The van der Waals surface area contributed by atoms with E-state index in [-0.39, 0.29) is 5.56 Å². The van der Waals surface area contributed by atoms with Gasteiger partial charge < -0.3 is 8.98 Å². The van der Waals surface area contributed by atoms with E-state index in [0.717, 1.165) is 11.1 Å². The van der Waals surface area contributed by atoms with Crippen LogP contribution in [0.4, 0.5) is 0 Å². The molecule has 0 aliphatic carbocycles. The number of hydrogen-bond acceptors (Lipinski definition) is 5. The van der Waals surface area contributed by atoms with Crippen LogP contribution >= 0.6 is 11.6 Å². The van der Waals surface area contributed by atoms with Crippen molar-refractivity contribution in [1.82, 2.24) is 24.1 Å². The van der Waals surface area contributed by atoms with Crippen molar-refractivity contribution in [2.75, 3.05) is 0 Å². The smallest absolute Gasteiger partial charge is 0.286 e. The molecule has 0 amide bonds. The van der Waals surface area contributed by atoms with E-state index in [2.05, 4.69) is 9.97 Å². The Hall–Kier alpha value is -3.45. The monoisotopic (exact) mass is 419 g/mol. The molecule has 7 nitrogen and oxygen atoms in total. The average Bonchev–Trinajstić information content (AvgIpc) is 3.36. The van der Waals surface area contributed by atoms with Gasteiger partial charge in [-0.1, -0.05) is 23.7 Å². The van der Waals surface area contributed by atoms with Gasteiger partial charge in [0.15, 0.2) is 22.6 Å². The predicted octanol–water partition coefficient (Wildman–Crippen LogP) is 4.18. The highest BCUT2D eigenvalue weighted by Gasteiger charge is 2.17. The third-order valence-corrected chi connectivity index (χ3v) is 5.29. The number of fused-ring (bicyclic) bond motifs is 2. The molecule has 30 heavy (non-hydrogen) atoms. The van der Waals surface area contributed by atoms with E-state index in [1.807, 2.05) is 35.8 Å². The molecule has 5 rings (SSSR count). The minimum Gasteiger partial charge on any atom is -0.441 e. The molecule has 0 radical (unpaired) electrons. The maximum absolute atomic E-state index is 13.3. The van der Waals surface area contributed by atoms with Gasteiger partial charge in [-0.3, -0.25) is 9.36 Å². The molecule has 150 valence electrons. The Kier molecular flexibility index (Phi) is 4.59. The van der Waals surface area contributed by atoms with Gasteiger partial charge in [-0.25, -0.2) is 15.0 Å². The van der Waals surface area contributed by atoms with E-state index in [1.165, 1.54) is 0 Å². The quantitative estimate of drug-likeness (QED) is 0.427. The van der Waals surface area contributed by atoms with Crippen LogP contribution in [0.3, 0.4) is 0 Å². The summed E-state index contributed by atoms with van der Waals surface area (Å²) < 4.78 is 9.30. The first-order valence-corrected chi connectivity index (χ1v) is 10.1. The molecule has 3 aromatic heterocycles. The van der Waals surface area contributed by atoms with Crippen LogP contribution in [-0.4, -0.2) is 24.1 Å². The maximum Gasteiger partial charge on any atom is 0.286 e. The molecule has 0 atom stereocenters. The number of aromatic nitrogens is 5. The molecule has 2 aromatic carbocycles. The van der Waals surface area contributed by atoms with Crippen molar-refractivity contribution in [3.05, 3.63) is 81.9 Å². The summed E-state index contributed by atoms with van der Waals surface area (Å²) in [4.78, 5) is 26.9. The van der Waals surface area contributed by atoms with Crippen LogP contribution in [0, 0.1) is 0 Å². The molecular formula is C22H18ClN5O2. The molecule has 0 fully saturated rings. The number of aryl methyl sites for hydroxylation is 3. The molecular weight excluding hydrogens is 402 g/mol. The zero-order valence-electron chi connectivity index (χ0n) is 16.2. The van der Waals surface area contributed by atoms with Gasteiger partial charge in [-0.2, -0.15) is 0 Å². The zero-order valence-corrected chi connectivity index (χ0v) is 17.0. The van der Waals surface area contributed by atoms with Crippen LogP contribution in [0.15, 0.2) is 64.1 Å². The van der Waals surface area contributed by atoms with E-state index < -0.39 is 0 Å². The van der Waals surface area contributed by atoms with Gasteiger partial charge in [0.05, 0.1) is 12.0 Å². The molecule has 0 saturated heterocycles. The first kappa shape index (κ1) is 18.6. The summed E-state index contributed by atoms with van der Waals surface area (Å²) in [6, 6.07) is 14.8. The van der Waals surface area contributed by atoms with Crippen LogP contribution in [0.1, 0.15) is 18.6 Å². The second kappa shape index (κ2) is 7.42. The van der Waals surface area contributed by atoms with Gasteiger partial charge in [0.2, 0.25) is 0 Å². The summed E-state index contributed by atoms with van der Waals surface area (Å²) >= 11 is 6.04. The van der Waals surface area contributed by atoms with Gasteiger partial charge in [-0.05, 0) is 43.3 Å². The fraction of sp³-hybridized carbons (Fsp3) is 0.182. The van der Waals surface area contributed by atoms with E-state index in [4.69, 9.17) is 21.0 Å². The number of nitrogens with zero attached hydrogens (tertiary/aromatic N) is 5. The molecule has 0 aliphatic rings. The molecule has 8 heteroatoms. The maximum atomic E-state index is 13.3. The van der Waals surface area contributed by atoms with Gasteiger partial charge in [0.25, 0.3) is 5.56 Å². The number of benzene rings is 2. The van der Waals surface area contributed by atoms with Crippen molar-refractivity contribution in [2.24, 2.45) is 0 Å². The van der Waals surface area contributed by atoms with Gasteiger partial charge in [0, 0.05) is 24.4 Å². The molecule has 0 aliphatic heterocycles. The Morgan fingerprint density at radius 1 is 1.03 bits per heavy atom. The Morgan fingerprint density at radius 2 is 1.83 bits per heavy atom. The Balaban J connectivity index is 1.61. The SMILES string of the molecule is CCn1cnc2c(=O)n(-c3ccc(Cl)cc3)c(CCc3nc4ccccc4o3)nc21. The number of imidazole rings is 1. The highest BCUT2D eigenvalue weighted by atomic mass is 35.5. The van der Waals surface area contributed by atoms with Crippen LogP contribution in [0.2, 0.25) is 5.02 Å². The Morgan fingerprint density at radius 3 is 2.60 bits per heavy atom. The van der Waals surface area contributed by atoms with Crippen LogP contribution < -0.4 is 5.56 Å². The Labute approximate surface area is 176 Å². The fourth-order valence-corrected chi connectivity index (χ4v) is 3.67. The third-order valence-electron chi connectivity index (χ3n) is 5.03. The molecule has 0 N–H and O–H groups in total. The lowest BCUT2D eigenvalue weighted by Gasteiger charge is -2.12. The topological polar surface area (TPSA) is 78.7 Å². The number of para-hydroxylation sites is 2. The molecule has 0 unspecified atom stereocenters. The lowest BCUT2D eigenvalue weighted by atomic mass is 10.2. The van der Waals surface area contributed by atoms with Crippen molar-refractivity contribution in [1.29, 1.82) is 0 Å². The van der Waals surface area contributed by atoms with Crippen LogP contribution in [0.5, 0.6) is 0 Å². The molecule has 0 bridgehead atoms. The van der Waals surface area contributed by atoms with Gasteiger partial charge in [0.1, 0.15) is 11.3 Å². The van der Waals surface area contributed by atoms with E-state index in [1.54, 1.807) is 35.2 Å².